The number of hydrogen-bond acceptors (Lipinski definition) is 0. The van der Waals surface area contributed by atoms with Gasteiger partial charge in [-0.25, -0.2) is 8.78 Å². The first kappa shape index (κ1) is 13.5. The van der Waals surface area contributed by atoms with Crippen LogP contribution in [0.1, 0.15) is 16.7 Å². The zero-order valence-electron chi connectivity index (χ0n) is 11.3. The van der Waals surface area contributed by atoms with E-state index in [-0.39, 0.29) is 11.6 Å². The van der Waals surface area contributed by atoms with Crippen molar-refractivity contribution in [2.24, 2.45) is 0 Å². The van der Waals surface area contributed by atoms with Crippen LogP contribution in [-0.4, -0.2) is 0 Å². The third-order valence-electron chi connectivity index (χ3n) is 3.34. The van der Waals surface area contributed by atoms with Crippen molar-refractivity contribution in [2.45, 2.75) is 0 Å². The van der Waals surface area contributed by atoms with E-state index in [1.807, 2.05) is 30.3 Å². The summed E-state index contributed by atoms with van der Waals surface area (Å²) in [6.45, 7) is 0. The summed E-state index contributed by atoms with van der Waals surface area (Å²) in [6.07, 6.45) is 0. The molecule has 3 aromatic carbocycles. The van der Waals surface area contributed by atoms with Crippen LogP contribution in [0.25, 0.3) is 0 Å². The molecule has 21 heavy (non-hydrogen) atoms. The van der Waals surface area contributed by atoms with Gasteiger partial charge in [0.2, 0.25) is 0 Å². The zero-order valence-corrected chi connectivity index (χ0v) is 11.3. The van der Waals surface area contributed by atoms with E-state index in [1.54, 1.807) is 30.3 Å². The Hall–Kier alpha value is -2.48. The lowest BCUT2D eigenvalue weighted by Gasteiger charge is -2.18. The SMILES string of the molecule is Fc1ccc([C](c2ccccc2)c2ccccc2F)cc1. The largest absolute Gasteiger partial charge is 0.207 e. The van der Waals surface area contributed by atoms with Gasteiger partial charge >= 0.3 is 0 Å². The van der Waals surface area contributed by atoms with Gasteiger partial charge in [-0.1, -0.05) is 60.7 Å². The predicted molar refractivity (Wildman–Crippen MR) is 79.8 cm³/mol. The summed E-state index contributed by atoms with van der Waals surface area (Å²) in [5, 5.41) is 0. The Morgan fingerprint density at radius 1 is 0.571 bits per heavy atom. The van der Waals surface area contributed by atoms with Crippen LogP contribution < -0.4 is 0 Å². The molecule has 3 rings (SSSR count). The predicted octanol–water partition coefficient (Wildman–Crippen LogP) is 4.98. The highest BCUT2D eigenvalue weighted by Crippen LogP contribution is 2.32. The van der Waals surface area contributed by atoms with Gasteiger partial charge in [0, 0.05) is 5.56 Å². The third kappa shape index (κ3) is 2.84. The van der Waals surface area contributed by atoms with Crippen molar-refractivity contribution < 1.29 is 8.78 Å². The molecule has 0 aliphatic rings. The maximum atomic E-state index is 14.2. The normalized spacial score (nSPS) is 10.8. The average Bonchev–Trinajstić information content (AvgIpc) is 2.52. The minimum atomic E-state index is -0.306. The smallest absolute Gasteiger partial charge is 0.127 e. The maximum absolute atomic E-state index is 14.2. The van der Waals surface area contributed by atoms with Crippen molar-refractivity contribution in [3.05, 3.63) is 113 Å². The van der Waals surface area contributed by atoms with Gasteiger partial charge in [-0.05, 0) is 29.3 Å². The molecule has 0 nitrogen and oxygen atoms in total. The van der Waals surface area contributed by atoms with E-state index in [2.05, 4.69) is 0 Å². The highest BCUT2D eigenvalue weighted by molar-refractivity contribution is 5.57. The van der Waals surface area contributed by atoms with Crippen LogP contribution >= 0.6 is 0 Å². The molecule has 3 aromatic rings. The van der Waals surface area contributed by atoms with E-state index in [0.717, 1.165) is 17.0 Å². The highest BCUT2D eigenvalue weighted by atomic mass is 19.1. The minimum Gasteiger partial charge on any atom is -0.207 e. The van der Waals surface area contributed by atoms with Crippen LogP contribution in [0.5, 0.6) is 0 Å². The molecule has 0 saturated carbocycles. The molecular formula is C19H13F2. The Labute approximate surface area is 122 Å². The lowest BCUT2D eigenvalue weighted by molar-refractivity contribution is 0.617. The molecule has 0 saturated heterocycles. The Bertz CT molecular complexity index is 718. The van der Waals surface area contributed by atoms with Gasteiger partial charge in [-0.15, -0.1) is 0 Å². The van der Waals surface area contributed by atoms with Crippen molar-refractivity contribution in [2.75, 3.05) is 0 Å². The van der Waals surface area contributed by atoms with Crippen LogP contribution in [0.2, 0.25) is 0 Å². The minimum absolute atomic E-state index is 0.291. The van der Waals surface area contributed by atoms with Crippen LogP contribution in [0.3, 0.4) is 0 Å². The first-order valence-electron chi connectivity index (χ1n) is 6.69. The molecule has 2 heteroatoms. The molecule has 103 valence electrons. The van der Waals surface area contributed by atoms with Gasteiger partial charge in [0.1, 0.15) is 11.6 Å². The first-order valence-corrected chi connectivity index (χ1v) is 6.69. The molecule has 0 unspecified atom stereocenters. The van der Waals surface area contributed by atoms with Crippen molar-refractivity contribution in [1.29, 1.82) is 0 Å². The van der Waals surface area contributed by atoms with Gasteiger partial charge in [0.25, 0.3) is 0 Å². The van der Waals surface area contributed by atoms with E-state index < -0.39 is 0 Å². The second kappa shape index (κ2) is 5.88. The van der Waals surface area contributed by atoms with Crippen molar-refractivity contribution in [1.82, 2.24) is 0 Å². The molecule has 0 atom stereocenters. The standard InChI is InChI=1S/C19H13F2/c20-16-12-10-15(11-13-16)19(14-6-2-1-3-7-14)17-8-4-5-9-18(17)21/h1-13H. The average molecular weight is 279 g/mol. The Morgan fingerprint density at radius 2 is 1.14 bits per heavy atom. The van der Waals surface area contributed by atoms with Gasteiger partial charge in [-0.3, -0.25) is 0 Å². The highest BCUT2D eigenvalue weighted by Gasteiger charge is 2.20. The van der Waals surface area contributed by atoms with E-state index >= 15 is 0 Å². The molecule has 0 amide bonds. The lowest BCUT2D eigenvalue weighted by atomic mass is 9.85. The summed E-state index contributed by atoms with van der Waals surface area (Å²) in [5.41, 5.74) is 2.19. The van der Waals surface area contributed by atoms with Crippen molar-refractivity contribution >= 4 is 0 Å². The Balaban J connectivity index is 2.16. The molecule has 0 N–H and O–H groups in total. The quantitative estimate of drug-likeness (QED) is 0.593. The molecule has 1 radical (unpaired) electrons. The van der Waals surface area contributed by atoms with E-state index in [9.17, 15) is 8.78 Å². The summed E-state index contributed by atoms with van der Waals surface area (Å²) < 4.78 is 27.3. The van der Waals surface area contributed by atoms with Crippen LogP contribution in [0.4, 0.5) is 8.78 Å². The van der Waals surface area contributed by atoms with Gasteiger partial charge in [0.15, 0.2) is 0 Å². The fourth-order valence-corrected chi connectivity index (χ4v) is 2.36. The van der Waals surface area contributed by atoms with Gasteiger partial charge < -0.3 is 0 Å². The van der Waals surface area contributed by atoms with Crippen molar-refractivity contribution in [3.8, 4) is 0 Å². The summed E-state index contributed by atoms with van der Waals surface area (Å²) in [5.74, 6) is 0.161. The molecular weight excluding hydrogens is 266 g/mol. The van der Waals surface area contributed by atoms with Gasteiger partial charge in [0.05, 0.1) is 5.92 Å². The fraction of sp³-hybridized carbons (Fsp3) is 0. The monoisotopic (exact) mass is 279 g/mol. The fourth-order valence-electron chi connectivity index (χ4n) is 2.36. The van der Waals surface area contributed by atoms with Crippen molar-refractivity contribution in [3.63, 3.8) is 0 Å². The van der Waals surface area contributed by atoms with E-state index in [1.165, 1.54) is 18.2 Å². The van der Waals surface area contributed by atoms with Crippen LogP contribution in [0, 0.1) is 17.6 Å². The topological polar surface area (TPSA) is 0 Å². The second-order valence-electron chi connectivity index (χ2n) is 4.73. The molecule has 0 aliphatic heterocycles. The second-order valence-corrected chi connectivity index (χ2v) is 4.73. The summed E-state index contributed by atoms with van der Waals surface area (Å²) in [7, 11) is 0. The van der Waals surface area contributed by atoms with Crippen LogP contribution in [-0.2, 0) is 0 Å². The Kier molecular flexibility index (Phi) is 3.78. The lowest BCUT2D eigenvalue weighted by Crippen LogP contribution is -2.06. The number of hydrogen-bond donors (Lipinski definition) is 0. The van der Waals surface area contributed by atoms with Gasteiger partial charge in [-0.2, -0.15) is 0 Å². The first-order chi connectivity index (χ1) is 10.3. The molecule has 0 spiro atoms. The van der Waals surface area contributed by atoms with Crippen LogP contribution in [0.15, 0.2) is 78.9 Å². The molecule has 0 bridgehead atoms. The summed E-state index contributed by atoms with van der Waals surface area (Å²) in [4.78, 5) is 0. The number of rotatable bonds is 3. The Morgan fingerprint density at radius 3 is 1.81 bits per heavy atom. The van der Waals surface area contributed by atoms with E-state index in [0.29, 0.717) is 5.56 Å². The zero-order chi connectivity index (χ0) is 14.7. The molecule has 0 aliphatic carbocycles. The molecule has 0 fully saturated rings. The summed E-state index contributed by atoms with van der Waals surface area (Å²) >= 11 is 0. The molecule has 0 heterocycles. The number of halogens is 2. The van der Waals surface area contributed by atoms with E-state index in [4.69, 9.17) is 0 Å². The number of benzene rings is 3. The maximum Gasteiger partial charge on any atom is 0.127 e. The molecule has 0 aromatic heterocycles. The third-order valence-corrected chi connectivity index (χ3v) is 3.34. The summed E-state index contributed by atoms with van der Waals surface area (Å²) in [6, 6.07) is 22.3.